The summed E-state index contributed by atoms with van der Waals surface area (Å²) in [5.74, 6) is -0.0862. The lowest BCUT2D eigenvalue weighted by Crippen LogP contribution is -2.27. The van der Waals surface area contributed by atoms with Crippen LogP contribution in [0.1, 0.15) is 41.0 Å². The number of benzene rings is 1. The number of hydrogen-bond donors (Lipinski definition) is 1. The van der Waals surface area contributed by atoms with Crippen LogP contribution in [0, 0.1) is 0 Å². The molecule has 5 heteroatoms. The smallest absolute Gasteiger partial charge is 0.220 e. The molecule has 0 spiro atoms. The fraction of sp³-hybridized carbons (Fsp3) is 0.250. The molecule has 1 heterocycles. The summed E-state index contributed by atoms with van der Waals surface area (Å²) in [7, 11) is 0. The third kappa shape index (κ3) is 4.51. The first-order chi connectivity index (χ1) is 10.1. The van der Waals surface area contributed by atoms with Gasteiger partial charge in [-0.2, -0.15) is 0 Å². The molecule has 3 nitrogen and oxygen atoms in total. The Morgan fingerprint density at radius 3 is 2.62 bits per heavy atom. The van der Waals surface area contributed by atoms with Crippen molar-refractivity contribution in [2.75, 3.05) is 0 Å². The van der Waals surface area contributed by atoms with E-state index in [0.717, 1.165) is 10.0 Å². The van der Waals surface area contributed by atoms with E-state index >= 15 is 0 Å². The van der Waals surface area contributed by atoms with Gasteiger partial charge in [0.1, 0.15) is 0 Å². The molecule has 1 aromatic heterocycles. The van der Waals surface area contributed by atoms with Gasteiger partial charge in [-0.15, -0.1) is 11.3 Å². The topological polar surface area (TPSA) is 46.2 Å². The van der Waals surface area contributed by atoms with Gasteiger partial charge in [0.25, 0.3) is 0 Å². The van der Waals surface area contributed by atoms with Crippen LogP contribution >= 0.6 is 27.3 Å². The fourth-order valence-corrected chi connectivity index (χ4v) is 3.33. The lowest BCUT2D eigenvalue weighted by molar-refractivity contribution is -0.121. The maximum Gasteiger partial charge on any atom is 0.220 e. The molecule has 0 aliphatic heterocycles. The van der Waals surface area contributed by atoms with Crippen LogP contribution in [0.2, 0.25) is 0 Å². The second kappa shape index (κ2) is 7.52. The number of carbonyl (C=O) groups is 2. The predicted octanol–water partition coefficient (Wildman–Crippen LogP) is 4.35. The largest absolute Gasteiger partial charge is 0.350 e. The van der Waals surface area contributed by atoms with Gasteiger partial charge in [0.05, 0.1) is 10.9 Å². The number of hydrogen-bond acceptors (Lipinski definition) is 3. The van der Waals surface area contributed by atoms with Crippen molar-refractivity contribution in [1.82, 2.24) is 5.32 Å². The number of Topliss-reactive ketones (excluding diaryl/α,β-unsaturated/α-hetero) is 1. The highest BCUT2D eigenvalue weighted by Crippen LogP contribution is 2.22. The number of rotatable bonds is 6. The highest BCUT2D eigenvalue weighted by Gasteiger charge is 2.14. The minimum atomic E-state index is -0.108. The monoisotopic (exact) mass is 365 g/mol. The molecule has 1 amide bonds. The minimum absolute atomic E-state index is 0.0219. The number of thiophene rings is 1. The van der Waals surface area contributed by atoms with E-state index in [1.165, 1.54) is 11.3 Å². The van der Waals surface area contributed by atoms with Crippen molar-refractivity contribution in [3.05, 3.63) is 56.7 Å². The van der Waals surface area contributed by atoms with Crippen molar-refractivity contribution in [3.63, 3.8) is 0 Å². The normalized spacial score (nSPS) is 11.9. The Hall–Kier alpha value is -1.46. The van der Waals surface area contributed by atoms with Crippen molar-refractivity contribution in [2.45, 2.75) is 25.8 Å². The molecule has 0 unspecified atom stereocenters. The zero-order chi connectivity index (χ0) is 15.2. The highest BCUT2D eigenvalue weighted by molar-refractivity contribution is 9.10. The Kier molecular flexibility index (Phi) is 5.70. The van der Waals surface area contributed by atoms with Gasteiger partial charge in [-0.3, -0.25) is 9.59 Å². The van der Waals surface area contributed by atoms with Crippen LogP contribution in [0.5, 0.6) is 0 Å². The quantitative estimate of drug-likeness (QED) is 0.773. The molecular formula is C16H16BrNO2S. The maximum absolute atomic E-state index is 11.9. The zero-order valence-corrected chi connectivity index (χ0v) is 14.0. The average Bonchev–Trinajstić information content (AvgIpc) is 2.99. The highest BCUT2D eigenvalue weighted by atomic mass is 79.9. The number of ketones is 1. The second-order valence-corrected chi connectivity index (χ2v) is 6.51. The first kappa shape index (κ1) is 15.9. The number of nitrogens with one attached hydrogen (secondary N) is 1. The summed E-state index contributed by atoms with van der Waals surface area (Å²) in [5, 5.41) is 4.78. The molecule has 2 aromatic rings. The average molecular weight is 366 g/mol. The molecule has 0 saturated heterocycles. The molecule has 21 heavy (non-hydrogen) atoms. The summed E-state index contributed by atoms with van der Waals surface area (Å²) < 4.78 is 0.965. The molecule has 1 aromatic carbocycles. The molecule has 0 aliphatic carbocycles. The molecule has 1 N–H and O–H groups in total. The van der Waals surface area contributed by atoms with Crippen LogP contribution in [0.25, 0.3) is 0 Å². The molecular weight excluding hydrogens is 350 g/mol. The molecule has 0 radical (unpaired) electrons. The van der Waals surface area contributed by atoms with Gasteiger partial charge in [0.15, 0.2) is 5.78 Å². The Morgan fingerprint density at radius 1 is 1.19 bits per heavy atom. The van der Waals surface area contributed by atoms with Crippen LogP contribution in [-0.4, -0.2) is 11.7 Å². The summed E-state index contributed by atoms with van der Waals surface area (Å²) in [5.41, 5.74) is 1.02. The van der Waals surface area contributed by atoms with Crippen molar-refractivity contribution >= 4 is 39.0 Å². The fourth-order valence-electron chi connectivity index (χ4n) is 2.01. The van der Waals surface area contributed by atoms with E-state index in [0.29, 0.717) is 4.88 Å². The third-order valence-electron chi connectivity index (χ3n) is 3.12. The Bertz CT molecular complexity index is 625. The Morgan fingerprint density at radius 2 is 1.95 bits per heavy atom. The molecule has 2 rings (SSSR count). The zero-order valence-electron chi connectivity index (χ0n) is 11.6. The van der Waals surface area contributed by atoms with E-state index < -0.39 is 0 Å². The van der Waals surface area contributed by atoms with E-state index in [9.17, 15) is 9.59 Å². The van der Waals surface area contributed by atoms with Gasteiger partial charge < -0.3 is 5.32 Å². The number of amides is 1. The van der Waals surface area contributed by atoms with Crippen LogP contribution < -0.4 is 5.32 Å². The summed E-state index contributed by atoms with van der Waals surface area (Å²) in [6, 6.07) is 11.3. The molecule has 110 valence electrons. The molecule has 0 saturated carbocycles. The minimum Gasteiger partial charge on any atom is -0.350 e. The first-order valence-electron chi connectivity index (χ1n) is 6.68. The lowest BCUT2D eigenvalue weighted by Gasteiger charge is -2.15. The van der Waals surface area contributed by atoms with Crippen LogP contribution in [0.3, 0.4) is 0 Å². The second-order valence-electron chi connectivity index (χ2n) is 4.71. The van der Waals surface area contributed by atoms with Gasteiger partial charge in [0, 0.05) is 17.3 Å². The van der Waals surface area contributed by atoms with Crippen molar-refractivity contribution < 1.29 is 9.59 Å². The van der Waals surface area contributed by atoms with E-state index in [2.05, 4.69) is 21.2 Å². The van der Waals surface area contributed by atoms with Gasteiger partial charge >= 0.3 is 0 Å². The molecule has 0 fully saturated rings. The van der Waals surface area contributed by atoms with E-state index in [1.54, 1.807) is 6.07 Å². The standard InChI is InChI=1S/C16H16BrNO2S/c1-11(12-5-2-3-6-13(12)17)18-16(20)9-8-14(19)15-7-4-10-21-15/h2-7,10-11H,8-9H2,1H3,(H,18,20)/t11-/m1/s1. The van der Waals surface area contributed by atoms with Crippen molar-refractivity contribution in [3.8, 4) is 0 Å². The van der Waals surface area contributed by atoms with Gasteiger partial charge in [0.2, 0.25) is 5.91 Å². The molecule has 0 aliphatic rings. The van der Waals surface area contributed by atoms with Gasteiger partial charge in [-0.25, -0.2) is 0 Å². The number of carbonyl (C=O) groups excluding carboxylic acids is 2. The third-order valence-corrected chi connectivity index (χ3v) is 4.76. The summed E-state index contributed by atoms with van der Waals surface area (Å²) >= 11 is 4.88. The van der Waals surface area contributed by atoms with Crippen molar-refractivity contribution in [2.24, 2.45) is 0 Å². The lowest BCUT2D eigenvalue weighted by atomic mass is 10.1. The van der Waals surface area contributed by atoms with Crippen LogP contribution in [0.15, 0.2) is 46.3 Å². The van der Waals surface area contributed by atoms with Gasteiger partial charge in [-0.05, 0) is 30.0 Å². The van der Waals surface area contributed by atoms with E-state index in [4.69, 9.17) is 0 Å². The van der Waals surface area contributed by atoms with Crippen LogP contribution in [0.4, 0.5) is 0 Å². The SMILES string of the molecule is C[C@@H](NC(=O)CCC(=O)c1cccs1)c1ccccc1Br. The maximum atomic E-state index is 11.9. The molecule has 1 atom stereocenters. The van der Waals surface area contributed by atoms with Gasteiger partial charge in [-0.1, -0.05) is 40.2 Å². The van der Waals surface area contributed by atoms with Crippen LogP contribution in [-0.2, 0) is 4.79 Å². The number of halogens is 1. The van der Waals surface area contributed by atoms with E-state index in [1.807, 2.05) is 42.6 Å². The Balaban J connectivity index is 1.85. The molecule has 0 bridgehead atoms. The van der Waals surface area contributed by atoms with Crippen molar-refractivity contribution in [1.29, 1.82) is 0 Å². The summed E-state index contributed by atoms with van der Waals surface area (Å²) in [6.45, 7) is 1.93. The first-order valence-corrected chi connectivity index (χ1v) is 8.35. The van der Waals surface area contributed by atoms with E-state index in [-0.39, 0.29) is 30.6 Å². The Labute approximate surface area is 136 Å². The predicted molar refractivity (Wildman–Crippen MR) is 88.6 cm³/mol. The summed E-state index contributed by atoms with van der Waals surface area (Å²) in [6.07, 6.45) is 0.459. The summed E-state index contributed by atoms with van der Waals surface area (Å²) in [4.78, 5) is 24.5.